The third kappa shape index (κ3) is 5.00. The van der Waals surface area contributed by atoms with Crippen molar-refractivity contribution in [3.05, 3.63) is 65.0 Å². The lowest BCUT2D eigenvalue weighted by atomic mass is 10.1. The molecule has 2 aliphatic rings. The predicted molar refractivity (Wildman–Crippen MR) is 137 cm³/mol. The standard InChI is InChI=1S/C25H24N4O3S2/c30-22(13-21-24(32)28-25(34-21)29-11-3-4-12-29)27-18-9-7-16(8-10-18)23(31)26-14-17-15-33-20-6-2-1-5-19(17)20/h1-2,5-10,15,21H,3-4,11-14H2,(H,26,31)(H,27,30). The molecule has 34 heavy (non-hydrogen) atoms. The van der Waals surface area contributed by atoms with Gasteiger partial charge in [-0.2, -0.15) is 4.99 Å². The summed E-state index contributed by atoms with van der Waals surface area (Å²) in [4.78, 5) is 43.5. The van der Waals surface area contributed by atoms with Crippen LogP contribution in [0.2, 0.25) is 0 Å². The van der Waals surface area contributed by atoms with Crippen LogP contribution in [0.3, 0.4) is 0 Å². The molecule has 174 valence electrons. The molecular weight excluding hydrogens is 468 g/mol. The molecule has 2 aliphatic heterocycles. The average Bonchev–Trinajstić information content (AvgIpc) is 3.59. The number of amides is 3. The van der Waals surface area contributed by atoms with Crippen molar-refractivity contribution in [1.82, 2.24) is 10.2 Å². The van der Waals surface area contributed by atoms with Crippen molar-refractivity contribution in [1.29, 1.82) is 0 Å². The lowest BCUT2D eigenvalue weighted by molar-refractivity contribution is -0.121. The summed E-state index contributed by atoms with van der Waals surface area (Å²) < 4.78 is 1.20. The van der Waals surface area contributed by atoms with Crippen molar-refractivity contribution in [2.45, 2.75) is 31.1 Å². The van der Waals surface area contributed by atoms with Crippen LogP contribution in [0.4, 0.5) is 5.69 Å². The van der Waals surface area contributed by atoms with E-state index in [1.165, 1.54) is 16.5 Å². The molecule has 1 fully saturated rings. The number of anilines is 1. The van der Waals surface area contributed by atoms with Crippen molar-refractivity contribution in [2.75, 3.05) is 18.4 Å². The van der Waals surface area contributed by atoms with Crippen LogP contribution in [0.15, 0.2) is 58.9 Å². The topological polar surface area (TPSA) is 90.9 Å². The molecule has 1 aromatic heterocycles. The van der Waals surface area contributed by atoms with E-state index in [4.69, 9.17) is 0 Å². The van der Waals surface area contributed by atoms with Gasteiger partial charge in [0.25, 0.3) is 11.8 Å². The molecule has 2 N–H and O–H groups in total. The minimum Gasteiger partial charge on any atom is -0.351 e. The van der Waals surface area contributed by atoms with Crippen molar-refractivity contribution in [2.24, 2.45) is 4.99 Å². The molecule has 0 spiro atoms. The third-order valence-corrected chi connectivity index (χ3v) is 8.13. The van der Waals surface area contributed by atoms with E-state index in [0.29, 0.717) is 17.8 Å². The van der Waals surface area contributed by atoms with Gasteiger partial charge in [-0.05, 0) is 59.5 Å². The molecule has 0 bridgehead atoms. The molecule has 3 aromatic rings. The maximum atomic E-state index is 12.6. The Balaban J connectivity index is 1.12. The molecule has 1 atom stereocenters. The third-order valence-electron chi connectivity index (χ3n) is 5.91. The zero-order valence-corrected chi connectivity index (χ0v) is 20.1. The number of nitrogens with one attached hydrogen (secondary N) is 2. The van der Waals surface area contributed by atoms with Crippen LogP contribution in [0, 0.1) is 0 Å². The highest BCUT2D eigenvalue weighted by molar-refractivity contribution is 8.15. The smallest absolute Gasteiger partial charge is 0.262 e. The fourth-order valence-corrected chi connectivity index (χ4v) is 6.17. The Hall–Kier alpha value is -3.17. The molecule has 1 saturated heterocycles. The van der Waals surface area contributed by atoms with E-state index in [0.717, 1.165) is 42.0 Å². The molecule has 3 amide bonds. The number of nitrogens with zero attached hydrogens (tertiary/aromatic N) is 2. The maximum Gasteiger partial charge on any atom is 0.262 e. The molecule has 1 unspecified atom stereocenters. The van der Waals surface area contributed by atoms with Gasteiger partial charge in [-0.15, -0.1) is 11.3 Å². The zero-order chi connectivity index (χ0) is 23.5. The highest BCUT2D eigenvalue weighted by Crippen LogP contribution is 2.29. The van der Waals surface area contributed by atoms with E-state index in [1.54, 1.807) is 35.6 Å². The number of aliphatic imine (C=N–C) groups is 1. The summed E-state index contributed by atoms with van der Waals surface area (Å²) in [7, 11) is 0. The molecular formula is C25H24N4O3S2. The van der Waals surface area contributed by atoms with E-state index < -0.39 is 5.25 Å². The normalized spacial score (nSPS) is 17.8. The summed E-state index contributed by atoms with van der Waals surface area (Å²) in [6.45, 7) is 2.29. The quantitative estimate of drug-likeness (QED) is 0.537. The Morgan fingerprint density at radius 2 is 1.82 bits per heavy atom. The van der Waals surface area contributed by atoms with Crippen LogP contribution in [-0.2, 0) is 16.1 Å². The second-order valence-electron chi connectivity index (χ2n) is 8.30. The average molecular weight is 493 g/mol. The van der Waals surface area contributed by atoms with Crippen LogP contribution in [0.5, 0.6) is 0 Å². The van der Waals surface area contributed by atoms with Crippen molar-refractivity contribution in [3.8, 4) is 0 Å². The highest BCUT2D eigenvalue weighted by atomic mass is 32.2. The Labute approximate surface area is 205 Å². The lowest BCUT2D eigenvalue weighted by Gasteiger charge is -2.16. The number of thioether (sulfide) groups is 1. The van der Waals surface area contributed by atoms with Crippen LogP contribution >= 0.6 is 23.1 Å². The van der Waals surface area contributed by atoms with Gasteiger partial charge in [0, 0.05) is 42.0 Å². The summed E-state index contributed by atoms with van der Waals surface area (Å²) in [5, 5.41) is 9.26. The Bertz CT molecular complexity index is 1260. The SMILES string of the molecule is O=C(CC1SC(N2CCCC2)=NC1=O)Nc1ccc(C(=O)NCc2csc3ccccc23)cc1. The van der Waals surface area contributed by atoms with Crippen LogP contribution in [0.25, 0.3) is 10.1 Å². The molecule has 9 heteroatoms. The number of carbonyl (C=O) groups excluding carboxylic acids is 3. The molecule has 0 aliphatic carbocycles. The number of hydrogen-bond acceptors (Lipinski definition) is 6. The van der Waals surface area contributed by atoms with Crippen molar-refractivity contribution >= 4 is 61.8 Å². The van der Waals surface area contributed by atoms with Crippen LogP contribution < -0.4 is 10.6 Å². The maximum absolute atomic E-state index is 12.6. The summed E-state index contributed by atoms with van der Waals surface area (Å²) in [6, 6.07) is 14.9. The second kappa shape index (κ2) is 9.99. The van der Waals surface area contributed by atoms with E-state index in [9.17, 15) is 14.4 Å². The Morgan fingerprint density at radius 1 is 1.06 bits per heavy atom. The van der Waals surface area contributed by atoms with Crippen molar-refractivity contribution in [3.63, 3.8) is 0 Å². The number of fused-ring (bicyclic) bond motifs is 1. The van der Waals surface area contributed by atoms with Gasteiger partial charge in [-0.1, -0.05) is 30.0 Å². The van der Waals surface area contributed by atoms with Crippen LogP contribution in [-0.4, -0.2) is 46.1 Å². The van der Waals surface area contributed by atoms with Gasteiger partial charge in [0.05, 0.1) is 0 Å². The number of rotatable bonds is 6. The van der Waals surface area contributed by atoms with E-state index in [1.807, 2.05) is 12.1 Å². The fraction of sp³-hybridized carbons (Fsp3) is 0.280. The Kier molecular flexibility index (Phi) is 6.64. The van der Waals surface area contributed by atoms with Gasteiger partial charge >= 0.3 is 0 Å². The minimum atomic E-state index is -0.478. The number of likely N-dealkylation sites (tertiary alicyclic amines) is 1. The molecule has 7 nitrogen and oxygen atoms in total. The first-order valence-electron chi connectivity index (χ1n) is 11.2. The Morgan fingerprint density at radius 3 is 2.62 bits per heavy atom. The van der Waals surface area contributed by atoms with Crippen molar-refractivity contribution < 1.29 is 14.4 Å². The fourth-order valence-electron chi connectivity index (χ4n) is 4.09. The summed E-state index contributed by atoms with van der Waals surface area (Å²) >= 11 is 3.04. The number of benzene rings is 2. The molecule has 5 rings (SSSR count). The number of hydrogen-bond donors (Lipinski definition) is 2. The molecule has 0 saturated carbocycles. The first-order chi connectivity index (χ1) is 16.6. The van der Waals surface area contributed by atoms with Gasteiger partial charge in [0.1, 0.15) is 5.25 Å². The van der Waals surface area contributed by atoms with E-state index in [-0.39, 0.29) is 24.1 Å². The number of carbonyl (C=O) groups is 3. The van der Waals surface area contributed by atoms with Gasteiger partial charge in [0.2, 0.25) is 5.91 Å². The summed E-state index contributed by atoms with van der Waals surface area (Å²) in [6.07, 6.45) is 2.29. The van der Waals surface area contributed by atoms with Crippen LogP contribution in [0.1, 0.15) is 35.2 Å². The zero-order valence-electron chi connectivity index (χ0n) is 18.5. The molecule has 0 radical (unpaired) electrons. The lowest BCUT2D eigenvalue weighted by Crippen LogP contribution is -2.25. The second-order valence-corrected chi connectivity index (χ2v) is 10.4. The summed E-state index contributed by atoms with van der Waals surface area (Å²) in [5.41, 5.74) is 2.19. The minimum absolute atomic E-state index is 0.0706. The number of amidine groups is 1. The van der Waals surface area contributed by atoms with Gasteiger partial charge in [-0.3, -0.25) is 14.4 Å². The van der Waals surface area contributed by atoms with Gasteiger partial charge < -0.3 is 15.5 Å². The van der Waals surface area contributed by atoms with Gasteiger partial charge in [-0.25, -0.2) is 0 Å². The van der Waals surface area contributed by atoms with E-state index in [2.05, 4.69) is 38.0 Å². The predicted octanol–water partition coefficient (Wildman–Crippen LogP) is 4.25. The number of thiophene rings is 1. The highest BCUT2D eigenvalue weighted by Gasteiger charge is 2.33. The first kappa shape index (κ1) is 22.6. The molecule has 3 heterocycles. The molecule has 2 aromatic carbocycles. The van der Waals surface area contributed by atoms with E-state index >= 15 is 0 Å². The first-order valence-corrected chi connectivity index (χ1v) is 13.0. The van der Waals surface area contributed by atoms with Gasteiger partial charge in [0.15, 0.2) is 5.17 Å². The summed E-state index contributed by atoms with van der Waals surface area (Å²) in [5.74, 6) is -0.662. The monoisotopic (exact) mass is 492 g/mol. The largest absolute Gasteiger partial charge is 0.351 e.